The summed E-state index contributed by atoms with van der Waals surface area (Å²) in [5, 5.41) is 6.90. The molecular formula is C19H28Cl2N4O2. The van der Waals surface area contributed by atoms with Crippen LogP contribution in [0.5, 0.6) is 0 Å². The van der Waals surface area contributed by atoms with Gasteiger partial charge in [-0.1, -0.05) is 23.7 Å². The van der Waals surface area contributed by atoms with Crippen LogP contribution in [0.2, 0.25) is 5.02 Å². The highest BCUT2D eigenvalue weighted by molar-refractivity contribution is 6.30. The maximum absolute atomic E-state index is 12.8. The predicted octanol–water partition coefficient (Wildman–Crippen LogP) is 1.84. The molecule has 1 aromatic rings. The molecule has 2 unspecified atom stereocenters. The molecule has 0 saturated carbocycles. The molecule has 1 aromatic carbocycles. The van der Waals surface area contributed by atoms with Gasteiger partial charge in [0.25, 0.3) is 0 Å². The number of piperazine rings is 1. The molecule has 2 aliphatic rings. The Bertz CT molecular complexity index is 635. The fourth-order valence-corrected chi connectivity index (χ4v) is 3.94. The smallest absolute Gasteiger partial charge is 0.225 e. The van der Waals surface area contributed by atoms with Gasteiger partial charge in [-0.15, -0.1) is 12.4 Å². The van der Waals surface area contributed by atoms with E-state index >= 15 is 0 Å². The van der Waals surface area contributed by atoms with Gasteiger partial charge in [0.15, 0.2) is 0 Å². The largest absolute Gasteiger partial charge is 0.349 e. The molecule has 27 heavy (non-hydrogen) atoms. The lowest BCUT2D eigenvalue weighted by molar-refractivity contribution is -0.131. The zero-order valence-electron chi connectivity index (χ0n) is 15.6. The van der Waals surface area contributed by atoms with Crippen LogP contribution in [-0.4, -0.2) is 66.9 Å². The number of likely N-dealkylation sites (tertiary alicyclic amines) is 1. The summed E-state index contributed by atoms with van der Waals surface area (Å²) in [6.07, 6.45) is 1.30. The van der Waals surface area contributed by atoms with Crippen LogP contribution < -0.4 is 10.6 Å². The van der Waals surface area contributed by atoms with Gasteiger partial charge in [-0.25, -0.2) is 0 Å². The molecule has 2 fully saturated rings. The van der Waals surface area contributed by atoms with Crippen molar-refractivity contribution in [3.05, 3.63) is 34.9 Å². The zero-order chi connectivity index (χ0) is 18.5. The molecular weight excluding hydrogens is 387 g/mol. The summed E-state index contributed by atoms with van der Waals surface area (Å²) in [6.45, 7) is 7.19. The Hall–Kier alpha value is -1.34. The van der Waals surface area contributed by atoms with E-state index in [-0.39, 0.29) is 36.7 Å². The molecule has 2 atom stereocenters. The highest BCUT2D eigenvalue weighted by atomic mass is 35.5. The van der Waals surface area contributed by atoms with E-state index in [2.05, 4.69) is 15.5 Å². The van der Waals surface area contributed by atoms with Crippen LogP contribution in [0.25, 0.3) is 0 Å². The SMILES string of the molecule is CC(=O)NC(CC(=O)N1CCC(N2CCNCC2)C1)c1ccc(Cl)cc1.Cl. The third-order valence-electron chi connectivity index (χ3n) is 5.21. The van der Waals surface area contributed by atoms with E-state index in [1.807, 2.05) is 17.0 Å². The van der Waals surface area contributed by atoms with E-state index < -0.39 is 0 Å². The van der Waals surface area contributed by atoms with Crippen molar-refractivity contribution in [3.8, 4) is 0 Å². The number of carbonyl (C=O) groups is 2. The molecule has 2 heterocycles. The summed E-state index contributed by atoms with van der Waals surface area (Å²) < 4.78 is 0. The van der Waals surface area contributed by atoms with E-state index in [9.17, 15) is 9.59 Å². The Labute approximate surface area is 172 Å². The van der Waals surface area contributed by atoms with Crippen molar-refractivity contribution in [2.45, 2.75) is 31.8 Å². The Kier molecular flexibility index (Phi) is 8.35. The number of nitrogens with one attached hydrogen (secondary N) is 2. The molecule has 2 amide bonds. The van der Waals surface area contributed by atoms with E-state index in [1.54, 1.807) is 12.1 Å². The molecule has 0 aliphatic carbocycles. The van der Waals surface area contributed by atoms with Gasteiger partial charge in [-0.3, -0.25) is 14.5 Å². The first-order chi connectivity index (χ1) is 12.5. The van der Waals surface area contributed by atoms with Crippen molar-refractivity contribution in [2.75, 3.05) is 39.3 Å². The monoisotopic (exact) mass is 414 g/mol. The van der Waals surface area contributed by atoms with Crippen molar-refractivity contribution in [3.63, 3.8) is 0 Å². The van der Waals surface area contributed by atoms with Crippen LogP contribution in [0.3, 0.4) is 0 Å². The fourth-order valence-electron chi connectivity index (χ4n) is 3.81. The van der Waals surface area contributed by atoms with Gasteiger partial charge in [-0.2, -0.15) is 0 Å². The van der Waals surface area contributed by atoms with Gasteiger partial charge < -0.3 is 15.5 Å². The number of hydrogen-bond donors (Lipinski definition) is 2. The number of benzene rings is 1. The lowest BCUT2D eigenvalue weighted by Crippen LogP contribution is -2.49. The second-order valence-corrected chi connectivity index (χ2v) is 7.51. The van der Waals surface area contributed by atoms with Crippen molar-refractivity contribution in [1.82, 2.24) is 20.4 Å². The molecule has 0 aromatic heterocycles. The average molecular weight is 415 g/mol. The van der Waals surface area contributed by atoms with Crippen LogP contribution in [0.4, 0.5) is 0 Å². The van der Waals surface area contributed by atoms with E-state index in [0.717, 1.165) is 51.3 Å². The molecule has 0 radical (unpaired) electrons. The van der Waals surface area contributed by atoms with E-state index in [1.165, 1.54) is 6.92 Å². The van der Waals surface area contributed by atoms with Crippen molar-refractivity contribution >= 4 is 35.8 Å². The second-order valence-electron chi connectivity index (χ2n) is 7.08. The van der Waals surface area contributed by atoms with Gasteiger partial charge in [0.2, 0.25) is 11.8 Å². The van der Waals surface area contributed by atoms with Crippen LogP contribution >= 0.6 is 24.0 Å². The number of amides is 2. The fraction of sp³-hybridized carbons (Fsp3) is 0.579. The highest BCUT2D eigenvalue weighted by Crippen LogP contribution is 2.23. The number of hydrogen-bond acceptors (Lipinski definition) is 4. The minimum absolute atomic E-state index is 0. The molecule has 6 nitrogen and oxygen atoms in total. The second kappa shape index (κ2) is 10.3. The van der Waals surface area contributed by atoms with Crippen LogP contribution in [0.1, 0.15) is 31.4 Å². The van der Waals surface area contributed by atoms with E-state index in [4.69, 9.17) is 11.6 Å². The third-order valence-corrected chi connectivity index (χ3v) is 5.46. The van der Waals surface area contributed by atoms with Gasteiger partial charge in [0.1, 0.15) is 0 Å². The number of halogens is 2. The van der Waals surface area contributed by atoms with Gasteiger partial charge in [0.05, 0.1) is 12.5 Å². The number of rotatable bonds is 5. The standard InChI is InChI=1S/C19H27ClN4O2.ClH/c1-14(25)22-18(15-2-4-16(20)5-3-15)12-19(26)24-9-6-17(13-24)23-10-7-21-8-11-23;/h2-5,17-18,21H,6-13H2,1H3,(H,22,25);1H. The Morgan fingerprint density at radius 1 is 1.22 bits per heavy atom. The molecule has 0 bridgehead atoms. The molecule has 0 spiro atoms. The molecule has 3 rings (SSSR count). The summed E-state index contributed by atoms with van der Waals surface area (Å²) in [5.41, 5.74) is 0.899. The first-order valence-electron chi connectivity index (χ1n) is 9.28. The van der Waals surface area contributed by atoms with Crippen LogP contribution in [0, 0.1) is 0 Å². The van der Waals surface area contributed by atoms with Gasteiger partial charge in [0, 0.05) is 57.3 Å². The zero-order valence-corrected chi connectivity index (χ0v) is 17.2. The lowest BCUT2D eigenvalue weighted by Gasteiger charge is -2.32. The molecule has 150 valence electrons. The minimum atomic E-state index is -0.324. The number of carbonyl (C=O) groups excluding carboxylic acids is 2. The maximum atomic E-state index is 12.8. The minimum Gasteiger partial charge on any atom is -0.349 e. The highest BCUT2D eigenvalue weighted by Gasteiger charge is 2.32. The summed E-state index contributed by atoms with van der Waals surface area (Å²) in [4.78, 5) is 28.8. The Morgan fingerprint density at radius 3 is 2.52 bits per heavy atom. The Balaban J connectivity index is 0.00000261. The van der Waals surface area contributed by atoms with Gasteiger partial charge in [-0.05, 0) is 24.1 Å². The van der Waals surface area contributed by atoms with Crippen molar-refractivity contribution < 1.29 is 9.59 Å². The molecule has 2 N–H and O–H groups in total. The van der Waals surface area contributed by atoms with Crippen LogP contribution in [0.15, 0.2) is 24.3 Å². The van der Waals surface area contributed by atoms with Crippen molar-refractivity contribution in [2.24, 2.45) is 0 Å². The lowest BCUT2D eigenvalue weighted by atomic mass is 10.0. The topological polar surface area (TPSA) is 64.7 Å². The van der Waals surface area contributed by atoms with Gasteiger partial charge >= 0.3 is 0 Å². The third kappa shape index (κ3) is 6.07. The summed E-state index contributed by atoms with van der Waals surface area (Å²) in [7, 11) is 0. The van der Waals surface area contributed by atoms with Crippen molar-refractivity contribution in [1.29, 1.82) is 0 Å². The maximum Gasteiger partial charge on any atom is 0.225 e. The summed E-state index contributed by atoms with van der Waals surface area (Å²) >= 11 is 5.95. The predicted molar refractivity (Wildman–Crippen MR) is 109 cm³/mol. The number of nitrogens with zero attached hydrogens (tertiary/aromatic N) is 2. The summed E-state index contributed by atoms with van der Waals surface area (Å²) in [6, 6.07) is 7.43. The molecule has 2 saturated heterocycles. The first-order valence-corrected chi connectivity index (χ1v) is 9.66. The van der Waals surface area contributed by atoms with E-state index in [0.29, 0.717) is 11.1 Å². The Morgan fingerprint density at radius 2 is 1.89 bits per heavy atom. The van der Waals surface area contributed by atoms with Crippen LogP contribution in [-0.2, 0) is 9.59 Å². The molecule has 2 aliphatic heterocycles. The first kappa shape index (κ1) is 22.0. The molecule has 8 heteroatoms. The normalized spacial score (nSPS) is 21.4. The quantitative estimate of drug-likeness (QED) is 0.771. The average Bonchev–Trinajstić information content (AvgIpc) is 3.12. The summed E-state index contributed by atoms with van der Waals surface area (Å²) in [5.74, 6) is -0.0470.